The Morgan fingerprint density at radius 1 is 1.17 bits per heavy atom. The number of hydrogen-bond acceptors (Lipinski definition) is 2. The maximum atomic E-state index is 11.9. The summed E-state index contributed by atoms with van der Waals surface area (Å²) in [6.45, 7) is 4.09. The molecule has 2 rings (SSSR count). The minimum atomic E-state index is -0.0803. The Morgan fingerprint density at radius 2 is 1.83 bits per heavy atom. The van der Waals surface area contributed by atoms with Crippen LogP contribution >= 0.6 is 0 Å². The lowest BCUT2D eigenvalue weighted by atomic mass is 10.1. The van der Waals surface area contributed by atoms with Crippen LogP contribution in [0.4, 0.5) is 0 Å². The van der Waals surface area contributed by atoms with Gasteiger partial charge in [0.25, 0.3) is 0 Å². The number of piperidine rings is 1. The van der Waals surface area contributed by atoms with Crippen molar-refractivity contribution in [2.45, 2.75) is 32.6 Å². The van der Waals surface area contributed by atoms with E-state index in [1.165, 1.54) is 24.8 Å². The van der Waals surface area contributed by atoms with Crippen LogP contribution in [0.5, 0.6) is 0 Å². The zero-order chi connectivity index (χ0) is 12.8. The van der Waals surface area contributed by atoms with Crippen LogP contribution in [0.15, 0.2) is 24.3 Å². The molecular weight excluding hydrogens is 222 g/mol. The first-order valence-electron chi connectivity index (χ1n) is 6.69. The van der Waals surface area contributed by atoms with Gasteiger partial charge in [-0.05, 0) is 37.2 Å². The third kappa shape index (κ3) is 3.37. The summed E-state index contributed by atoms with van der Waals surface area (Å²) in [5.74, 6) is 2.66. The van der Waals surface area contributed by atoms with E-state index in [1.807, 2.05) is 24.3 Å². The quantitative estimate of drug-likeness (QED) is 0.586. The summed E-state index contributed by atoms with van der Waals surface area (Å²) >= 11 is 0. The highest BCUT2D eigenvalue weighted by Gasteiger charge is 2.06. The fourth-order valence-electron chi connectivity index (χ4n) is 2.10. The van der Waals surface area contributed by atoms with Crippen molar-refractivity contribution in [1.29, 1.82) is 0 Å². The number of carbonyl (C=O) groups is 1. The number of aryl methyl sites for hydroxylation is 1. The lowest BCUT2D eigenvalue weighted by Gasteiger charge is -2.21. The van der Waals surface area contributed by atoms with E-state index in [9.17, 15) is 4.79 Å². The first kappa shape index (κ1) is 12.7. The standard InChI is InChI=1S/C16H19NO/c1-2-14-6-8-15(9-7-14)16(18)10-13-17-11-4-3-5-12-17/h6-9H,2-5,11-12H2,1H3. The summed E-state index contributed by atoms with van der Waals surface area (Å²) in [4.78, 5) is 13.9. The van der Waals surface area contributed by atoms with Gasteiger partial charge in [0.15, 0.2) is 0 Å². The van der Waals surface area contributed by atoms with Gasteiger partial charge in [0.2, 0.25) is 5.78 Å². The van der Waals surface area contributed by atoms with Crippen molar-refractivity contribution in [3.63, 3.8) is 0 Å². The van der Waals surface area contributed by atoms with E-state index in [0.29, 0.717) is 5.56 Å². The normalized spacial score (nSPS) is 14.8. The molecular formula is C16H19NO. The topological polar surface area (TPSA) is 20.3 Å². The zero-order valence-corrected chi connectivity index (χ0v) is 10.9. The molecule has 0 atom stereocenters. The first-order chi connectivity index (χ1) is 8.79. The number of rotatable bonds is 2. The van der Waals surface area contributed by atoms with Crippen molar-refractivity contribution in [1.82, 2.24) is 4.90 Å². The highest BCUT2D eigenvalue weighted by molar-refractivity contribution is 6.08. The van der Waals surface area contributed by atoms with Gasteiger partial charge < -0.3 is 4.90 Å². The molecule has 0 bridgehead atoms. The van der Waals surface area contributed by atoms with Crippen molar-refractivity contribution < 1.29 is 4.79 Å². The SMILES string of the molecule is CCc1ccc(C(=O)C#CN2CCCCC2)cc1. The Labute approximate surface area is 109 Å². The number of benzene rings is 1. The molecule has 0 unspecified atom stereocenters. The minimum absolute atomic E-state index is 0.0803. The predicted molar refractivity (Wildman–Crippen MR) is 73.4 cm³/mol. The summed E-state index contributed by atoms with van der Waals surface area (Å²) in [5, 5.41) is 0. The second kappa shape index (κ2) is 6.26. The number of Topliss-reactive ketones (excluding diaryl/α,β-unsaturated/α-hetero) is 1. The lowest BCUT2D eigenvalue weighted by Crippen LogP contribution is -2.24. The molecule has 0 N–H and O–H groups in total. The summed E-state index contributed by atoms with van der Waals surface area (Å²) in [7, 11) is 0. The van der Waals surface area contributed by atoms with Crippen LogP contribution in [0, 0.1) is 12.0 Å². The van der Waals surface area contributed by atoms with Crippen LogP contribution in [0.25, 0.3) is 0 Å². The average Bonchev–Trinajstić information content (AvgIpc) is 2.46. The molecule has 0 radical (unpaired) electrons. The molecule has 0 aromatic heterocycles. The Morgan fingerprint density at radius 3 is 2.44 bits per heavy atom. The minimum Gasteiger partial charge on any atom is -0.332 e. The van der Waals surface area contributed by atoms with Crippen LogP contribution in [0.2, 0.25) is 0 Å². The molecule has 0 spiro atoms. The number of hydrogen-bond donors (Lipinski definition) is 0. The van der Waals surface area contributed by atoms with E-state index in [-0.39, 0.29) is 5.78 Å². The van der Waals surface area contributed by atoms with Gasteiger partial charge in [-0.15, -0.1) is 0 Å². The van der Waals surface area contributed by atoms with E-state index in [4.69, 9.17) is 0 Å². The molecule has 0 amide bonds. The van der Waals surface area contributed by atoms with Gasteiger partial charge in [0, 0.05) is 24.7 Å². The summed E-state index contributed by atoms with van der Waals surface area (Å²) in [6, 6.07) is 10.7. The number of nitrogens with zero attached hydrogens (tertiary/aromatic N) is 1. The predicted octanol–water partition coefficient (Wildman–Crippen LogP) is 2.88. The molecule has 1 aliphatic heterocycles. The molecule has 18 heavy (non-hydrogen) atoms. The molecule has 0 saturated carbocycles. The Balaban J connectivity index is 2.00. The van der Waals surface area contributed by atoms with Gasteiger partial charge in [0.05, 0.1) is 0 Å². The monoisotopic (exact) mass is 241 g/mol. The van der Waals surface area contributed by atoms with Crippen LogP contribution < -0.4 is 0 Å². The van der Waals surface area contributed by atoms with Gasteiger partial charge in [-0.2, -0.15) is 0 Å². The third-order valence-electron chi connectivity index (χ3n) is 3.31. The van der Waals surface area contributed by atoms with Crippen LogP contribution in [0.3, 0.4) is 0 Å². The molecule has 1 aliphatic rings. The lowest BCUT2D eigenvalue weighted by molar-refractivity contribution is 0.105. The maximum absolute atomic E-state index is 11.9. The molecule has 1 heterocycles. The van der Waals surface area contributed by atoms with E-state index >= 15 is 0 Å². The Hall–Kier alpha value is -1.75. The number of likely N-dealkylation sites (tertiary alicyclic amines) is 1. The molecule has 1 aromatic carbocycles. The molecule has 2 nitrogen and oxygen atoms in total. The molecule has 1 aromatic rings. The van der Waals surface area contributed by atoms with Crippen LogP contribution in [-0.2, 0) is 6.42 Å². The van der Waals surface area contributed by atoms with E-state index in [2.05, 4.69) is 23.8 Å². The second-order valence-corrected chi connectivity index (χ2v) is 4.66. The Kier molecular flexibility index (Phi) is 4.41. The smallest absolute Gasteiger partial charge is 0.237 e. The van der Waals surface area contributed by atoms with Crippen molar-refractivity contribution >= 4 is 5.78 Å². The van der Waals surface area contributed by atoms with Crippen LogP contribution in [-0.4, -0.2) is 23.8 Å². The molecule has 1 fully saturated rings. The highest BCUT2D eigenvalue weighted by atomic mass is 16.1. The van der Waals surface area contributed by atoms with Crippen molar-refractivity contribution in [3.05, 3.63) is 35.4 Å². The van der Waals surface area contributed by atoms with E-state index < -0.39 is 0 Å². The van der Waals surface area contributed by atoms with Crippen LogP contribution in [0.1, 0.15) is 42.1 Å². The molecule has 2 heteroatoms. The largest absolute Gasteiger partial charge is 0.332 e. The molecule has 1 saturated heterocycles. The van der Waals surface area contributed by atoms with E-state index in [0.717, 1.165) is 19.5 Å². The summed E-state index contributed by atoms with van der Waals surface area (Å²) < 4.78 is 0. The molecule has 94 valence electrons. The van der Waals surface area contributed by atoms with Gasteiger partial charge in [-0.1, -0.05) is 31.2 Å². The van der Waals surface area contributed by atoms with Gasteiger partial charge in [0.1, 0.15) is 0 Å². The third-order valence-corrected chi connectivity index (χ3v) is 3.31. The Bertz CT molecular complexity index is 458. The zero-order valence-electron chi connectivity index (χ0n) is 10.9. The van der Waals surface area contributed by atoms with Gasteiger partial charge in [-0.25, -0.2) is 0 Å². The molecule has 0 aliphatic carbocycles. The highest BCUT2D eigenvalue weighted by Crippen LogP contribution is 2.08. The average molecular weight is 241 g/mol. The van der Waals surface area contributed by atoms with Crippen molar-refractivity contribution in [3.8, 4) is 12.0 Å². The fourth-order valence-corrected chi connectivity index (χ4v) is 2.10. The summed E-state index contributed by atoms with van der Waals surface area (Å²) in [6.07, 6.45) is 4.65. The van der Waals surface area contributed by atoms with Gasteiger partial charge >= 0.3 is 0 Å². The van der Waals surface area contributed by atoms with Crippen molar-refractivity contribution in [2.75, 3.05) is 13.1 Å². The van der Waals surface area contributed by atoms with Crippen molar-refractivity contribution in [2.24, 2.45) is 0 Å². The first-order valence-corrected chi connectivity index (χ1v) is 6.69. The van der Waals surface area contributed by atoms with E-state index in [1.54, 1.807) is 0 Å². The second-order valence-electron chi connectivity index (χ2n) is 4.66. The maximum Gasteiger partial charge on any atom is 0.237 e. The fraction of sp³-hybridized carbons (Fsp3) is 0.438. The van der Waals surface area contributed by atoms with Gasteiger partial charge in [-0.3, -0.25) is 4.79 Å². The number of carbonyl (C=O) groups excluding carboxylic acids is 1. The summed E-state index contributed by atoms with van der Waals surface area (Å²) in [5.41, 5.74) is 1.94. The number of ketones is 1.